The highest BCUT2D eigenvalue weighted by Crippen LogP contribution is 2.51. The van der Waals surface area contributed by atoms with Crippen molar-refractivity contribution < 1.29 is 8.83 Å². The van der Waals surface area contributed by atoms with Crippen LogP contribution in [-0.2, 0) is 0 Å². The second-order valence-corrected chi connectivity index (χ2v) is 13.8. The first-order chi connectivity index (χ1) is 24.8. The molecule has 2 nitrogen and oxygen atoms in total. The Morgan fingerprint density at radius 2 is 1.08 bits per heavy atom. The number of hydrogen-bond acceptors (Lipinski definition) is 2. The van der Waals surface area contributed by atoms with Gasteiger partial charge in [-0.1, -0.05) is 133 Å². The van der Waals surface area contributed by atoms with Crippen LogP contribution < -0.4 is 0 Å². The van der Waals surface area contributed by atoms with E-state index in [-0.39, 0.29) is 0 Å². The van der Waals surface area contributed by atoms with Crippen molar-refractivity contribution in [3.63, 3.8) is 0 Å². The second-order valence-electron chi connectivity index (χ2n) is 13.8. The van der Waals surface area contributed by atoms with Gasteiger partial charge in [0.1, 0.15) is 22.3 Å². The van der Waals surface area contributed by atoms with Crippen LogP contribution in [0.5, 0.6) is 0 Å². The number of para-hydroxylation sites is 2. The van der Waals surface area contributed by atoms with E-state index in [1.807, 2.05) is 12.1 Å². The summed E-state index contributed by atoms with van der Waals surface area (Å²) in [5.74, 6) is 0.428. The molecule has 0 fully saturated rings. The molecule has 0 saturated heterocycles. The molecule has 0 spiro atoms. The van der Waals surface area contributed by atoms with E-state index < -0.39 is 0 Å². The molecule has 1 atom stereocenters. The van der Waals surface area contributed by atoms with E-state index in [2.05, 4.69) is 140 Å². The smallest absolute Gasteiger partial charge is 0.147 e. The Morgan fingerprint density at radius 3 is 1.82 bits per heavy atom. The quantitative estimate of drug-likeness (QED) is 0.177. The molecule has 0 saturated carbocycles. The van der Waals surface area contributed by atoms with Crippen LogP contribution in [0, 0.1) is 0 Å². The summed E-state index contributed by atoms with van der Waals surface area (Å²) in [4.78, 5) is 0. The van der Waals surface area contributed by atoms with E-state index in [4.69, 9.17) is 8.83 Å². The van der Waals surface area contributed by atoms with Crippen LogP contribution in [0.2, 0.25) is 0 Å². The fourth-order valence-corrected chi connectivity index (χ4v) is 9.23. The predicted octanol–water partition coefficient (Wildman–Crippen LogP) is 13.8. The van der Waals surface area contributed by atoms with Gasteiger partial charge in [-0.3, -0.25) is 0 Å². The van der Waals surface area contributed by atoms with Crippen molar-refractivity contribution in [1.29, 1.82) is 0 Å². The number of benzene rings is 8. The Balaban J connectivity index is 1.25. The molecule has 2 heteroatoms. The van der Waals surface area contributed by atoms with Crippen molar-refractivity contribution in [1.82, 2.24) is 0 Å². The van der Waals surface area contributed by atoms with Crippen LogP contribution in [0.15, 0.2) is 148 Å². The topological polar surface area (TPSA) is 26.3 Å². The molecule has 2 aromatic heterocycles. The van der Waals surface area contributed by atoms with Crippen LogP contribution in [0.1, 0.15) is 29.0 Å². The minimum atomic E-state index is 0.428. The van der Waals surface area contributed by atoms with E-state index in [9.17, 15) is 0 Å². The van der Waals surface area contributed by atoms with Gasteiger partial charge in [-0.15, -0.1) is 0 Å². The normalized spacial score (nSPS) is 15.2. The Morgan fingerprint density at radius 1 is 0.480 bits per heavy atom. The number of furan rings is 2. The molecule has 1 unspecified atom stereocenters. The van der Waals surface area contributed by atoms with Gasteiger partial charge in [-0.25, -0.2) is 0 Å². The van der Waals surface area contributed by atoms with E-state index in [1.54, 1.807) is 0 Å². The molecule has 2 aliphatic rings. The zero-order valence-electron chi connectivity index (χ0n) is 27.0. The molecule has 232 valence electrons. The first-order valence-corrected chi connectivity index (χ1v) is 17.5. The average molecular weight is 637 g/mol. The van der Waals surface area contributed by atoms with Crippen molar-refractivity contribution in [3.05, 3.63) is 156 Å². The van der Waals surface area contributed by atoms with Crippen LogP contribution in [0.3, 0.4) is 0 Å². The summed E-state index contributed by atoms with van der Waals surface area (Å²) in [6, 6.07) is 46.1. The van der Waals surface area contributed by atoms with Gasteiger partial charge in [0, 0.05) is 33.2 Å². The van der Waals surface area contributed by atoms with E-state index in [0.717, 1.165) is 55.9 Å². The fraction of sp³-hybridized carbons (Fsp3) is 0.0417. The Hall–Kier alpha value is -6.38. The molecule has 50 heavy (non-hydrogen) atoms. The minimum absolute atomic E-state index is 0.428. The summed E-state index contributed by atoms with van der Waals surface area (Å²) in [5.41, 5.74) is 12.4. The summed E-state index contributed by atoms with van der Waals surface area (Å²) < 4.78 is 13.4. The summed E-state index contributed by atoms with van der Waals surface area (Å²) in [5, 5.41) is 11.9. The molecule has 12 rings (SSSR count). The van der Waals surface area contributed by atoms with E-state index in [1.165, 1.54) is 65.7 Å². The predicted molar refractivity (Wildman–Crippen MR) is 210 cm³/mol. The lowest BCUT2D eigenvalue weighted by atomic mass is 9.76. The first kappa shape index (κ1) is 26.6. The molecule has 2 heterocycles. The SMILES string of the molecule is C1=Cc2ccc3ccc(-c4c5ccccc5c(-c5cc6c7ccccc7oc6c6c5oc5ccccc56)c5ccccc45)c4c3c2C(C=C4)C1. The third-order valence-electron chi connectivity index (χ3n) is 11.3. The van der Waals surface area contributed by atoms with Crippen molar-refractivity contribution in [2.24, 2.45) is 0 Å². The molecule has 0 radical (unpaired) electrons. The summed E-state index contributed by atoms with van der Waals surface area (Å²) in [6.45, 7) is 0. The molecule has 0 amide bonds. The zero-order chi connectivity index (χ0) is 32.5. The lowest BCUT2D eigenvalue weighted by molar-refractivity contribution is 0.663. The molecule has 0 bridgehead atoms. The lowest BCUT2D eigenvalue weighted by Crippen LogP contribution is -2.07. The zero-order valence-corrected chi connectivity index (χ0v) is 27.0. The lowest BCUT2D eigenvalue weighted by Gasteiger charge is -2.27. The van der Waals surface area contributed by atoms with Gasteiger partial charge in [0.25, 0.3) is 0 Å². The molecular weight excluding hydrogens is 609 g/mol. The van der Waals surface area contributed by atoms with Gasteiger partial charge in [0.05, 0.1) is 5.39 Å². The molecular formula is C48H28O2. The van der Waals surface area contributed by atoms with Crippen LogP contribution in [0.4, 0.5) is 0 Å². The van der Waals surface area contributed by atoms with Crippen molar-refractivity contribution in [2.75, 3.05) is 0 Å². The first-order valence-electron chi connectivity index (χ1n) is 17.5. The molecule has 0 N–H and O–H groups in total. The Bertz CT molecular complexity index is 3120. The Labute approximate surface area is 287 Å². The van der Waals surface area contributed by atoms with Gasteiger partial charge in [-0.2, -0.15) is 0 Å². The third-order valence-corrected chi connectivity index (χ3v) is 11.3. The second kappa shape index (κ2) is 9.62. The monoisotopic (exact) mass is 636 g/mol. The number of fused-ring (bicyclic) bond motifs is 9. The molecule has 0 aliphatic heterocycles. The molecule has 2 aliphatic carbocycles. The van der Waals surface area contributed by atoms with Crippen molar-refractivity contribution >= 4 is 88.3 Å². The van der Waals surface area contributed by atoms with Gasteiger partial charge in [0.2, 0.25) is 0 Å². The van der Waals surface area contributed by atoms with Crippen molar-refractivity contribution in [2.45, 2.75) is 12.3 Å². The maximum atomic E-state index is 6.82. The van der Waals surface area contributed by atoms with E-state index in [0.29, 0.717) is 5.92 Å². The highest BCUT2D eigenvalue weighted by Gasteiger charge is 2.27. The number of allylic oxidation sites excluding steroid dienone is 2. The average Bonchev–Trinajstić information content (AvgIpc) is 3.75. The number of rotatable bonds is 2. The van der Waals surface area contributed by atoms with Gasteiger partial charge >= 0.3 is 0 Å². The maximum Gasteiger partial charge on any atom is 0.147 e. The van der Waals surface area contributed by atoms with E-state index >= 15 is 0 Å². The van der Waals surface area contributed by atoms with Gasteiger partial charge in [0.15, 0.2) is 0 Å². The minimum Gasteiger partial charge on any atom is -0.455 e. The van der Waals surface area contributed by atoms with Gasteiger partial charge in [-0.05, 0) is 84.8 Å². The van der Waals surface area contributed by atoms with Crippen LogP contribution in [-0.4, -0.2) is 0 Å². The molecule has 8 aromatic carbocycles. The van der Waals surface area contributed by atoms with Crippen LogP contribution >= 0.6 is 0 Å². The highest BCUT2D eigenvalue weighted by molar-refractivity contribution is 6.30. The fourth-order valence-electron chi connectivity index (χ4n) is 9.23. The standard InChI is InChI=1S/C48H28O2/c1-3-15-33-31(13-1)44(36-25-23-29-21-20-27-10-9-11-28-22-24-35(36)43(29)42(27)28)32-14-2-4-16-34(32)45(33)39-26-38-30-12-5-7-18-40(30)49-47(38)46-37-17-6-8-19-41(37)50-48(39)46/h1-10,12-26,28H,11H2. The van der Waals surface area contributed by atoms with Gasteiger partial charge < -0.3 is 8.83 Å². The van der Waals surface area contributed by atoms with Crippen molar-refractivity contribution in [3.8, 4) is 22.3 Å². The summed E-state index contributed by atoms with van der Waals surface area (Å²) in [7, 11) is 0. The highest BCUT2D eigenvalue weighted by atomic mass is 16.3. The molecule has 10 aromatic rings. The summed E-state index contributed by atoms with van der Waals surface area (Å²) in [6.07, 6.45) is 10.5. The number of hydrogen-bond donors (Lipinski definition) is 0. The summed E-state index contributed by atoms with van der Waals surface area (Å²) >= 11 is 0. The Kier molecular flexibility index (Phi) is 5.11. The third kappa shape index (κ3) is 3.38. The van der Waals surface area contributed by atoms with Crippen LogP contribution in [0.25, 0.3) is 111 Å². The largest absolute Gasteiger partial charge is 0.455 e. The maximum absolute atomic E-state index is 6.82.